The molecular weight excluding hydrogens is 496 g/mol. The van der Waals surface area contributed by atoms with Crippen molar-refractivity contribution in [2.45, 2.75) is 32.4 Å². The van der Waals surface area contributed by atoms with Crippen molar-refractivity contribution in [3.8, 4) is 17.1 Å². The van der Waals surface area contributed by atoms with Crippen molar-refractivity contribution in [1.82, 2.24) is 15.2 Å². The van der Waals surface area contributed by atoms with E-state index in [0.717, 1.165) is 39.8 Å². The average molecular weight is 527 g/mol. The highest BCUT2D eigenvalue weighted by atomic mass is 32.1. The van der Waals surface area contributed by atoms with Crippen LogP contribution in [0.2, 0.25) is 0 Å². The summed E-state index contributed by atoms with van der Waals surface area (Å²) in [5, 5.41) is 6.94. The summed E-state index contributed by atoms with van der Waals surface area (Å²) < 4.78 is 11.9. The topological polar surface area (TPSA) is 79.6 Å². The van der Waals surface area contributed by atoms with Crippen LogP contribution < -0.4 is 15.4 Å². The Morgan fingerprint density at radius 3 is 2.58 bits per heavy atom. The number of amides is 1. The molecule has 38 heavy (non-hydrogen) atoms. The number of nitrogens with zero attached hydrogens (tertiary/aromatic N) is 2. The molecule has 1 fully saturated rings. The summed E-state index contributed by atoms with van der Waals surface area (Å²) in [6.07, 6.45) is 2.04. The fourth-order valence-electron chi connectivity index (χ4n) is 4.59. The van der Waals surface area contributed by atoms with E-state index in [0.29, 0.717) is 18.3 Å². The summed E-state index contributed by atoms with van der Waals surface area (Å²) in [7, 11) is 0. The molecule has 3 heterocycles. The molecule has 4 aromatic rings. The molecule has 1 aliphatic rings. The normalized spacial score (nSPS) is 16.8. The molecule has 1 saturated heterocycles. The number of rotatable bonds is 9. The third-order valence-corrected chi connectivity index (χ3v) is 6.83. The van der Waals surface area contributed by atoms with Gasteiger partial charge in [-0.3, -0.25) is 9.78 Å². The van der Waals surface area contributed by atoms with E-state index in [1.807, 2.05) is 97.6 Å². The molecule has 0 radical (unpaired) electrons. The molecule has 5 rings (SSSR count). The smallest absolute Gasteiger partial charge is 0.226 e. The van der Waals surface area contributed by atoms with Crippen molar-refractivity contribution in [2.75, 3.05) is 18.5 Å². The van der Waals surface area contributed by atoms with Gasteiger partial charge in [0.2, 0.25) is 5.91 Å². The van der Waals surface area contributed by atoms with Crippen LogP contribution in [0, 0.1) is 6.92 Å². The van der Waals surface area contributed by atoms with Crippen molar-refractivity contribution < 1.29 is 13.9 Å². The SMILES string of the molecule is CCOc1ccc(-c2ccc([C@H]3[C@H](c4ccccn4)NC(=S)N3CCC(=O)Nc3ccc(C)cc3)o2)cc1. The summed E-state index contributed by atoms with van der Waals surface area (Å²) in [6, 6.07) is 24.8. The Morgan fingerprint density at radius 2 is 1.87 bits per heavy atom. The number of benzene rings is 2. The van der Waals surface area contributed by atoms with Crippen molar-refractivity contribution in [1.29, 1.82) is 0 Å². The minimum atomic E-state index is -0.263. The Bertz CT molecular complexity index is 1390. The van der Waals surface area contributed by atoms with Gasteiger partial charge in [0.25, 0.3) is 0 Å². The highest BCUT2D eigenvalue weighted by Gasteiger charge is 2.41. The number of anilines is 1. The van der Waals surface area contributed by atoms with Gasteiger partial charge in [0.1, 0.15) is 23.3 Å². The van der Waals surface area contributed by atoms with Crippen LogP contribution in [0.4, 0.5) is 5.69 Å². The molecule has 0 aliphatic carbocycles. The van der Waals surface area contributed by atoms with E-state index in [1.54, 1.807) is 6.20 Å². The van der Waals surface area contributed by atoms with Crippen LogP contribution in [-0.4, -0.2) is 34.1 Å². The Labute approximate surface area is 227 Å². The van der Waals surface area contributed by atoms with Crippen LogP contribution in [-0.2, 0) is 4.79 Å². The van der Waals surface area contributed by atoms with E-state index in [2.05, 4.69) is 15.6 Å². The van der Waals surface area contributed by atoms with E-state index in [4.69, 9.17) is 21.4 Å². The second-order valence-electron chi connectivity index (χ2n) is 9.14. The Balaban J connectivity index is 1.37. The number of carbonyl (C=O) groups is 1. The zero-order valence-corrected chi connectivity index (χ0v) is 22.2. The van der Waals surface area contributed by atoms with Crippen LogP contribution in [0.25, 0.3) is 11.3 Å². The molecule has 7 nitrogen and oxygen atoms in total. The Kier molecular flexibility index (Phi) is 7.70. The highest BCUT2D eigenvalue weighted by molar-refractivity contribution is 7.80. The predicted octanol–water partition coefficient (Wildman–Crippen LogP) is 6.05. The average Bonchev–Trinajstić information content (AvgIpc) is 3.54. The van der Waals surface area contributed by atoms with E-state index in [1.165, 1.54) is 0 Å². The number of thiocarbonyl (C=S) groups is 1. The third-order valence-electron chi connectivity index (χ3n) is 6.48. The van der Waals surface area contributed by atoms with E-state index < -0.39 is 0 Å². The first-order valence-electron chi connectivity index (χ1n) is 12.7. The fourth-order valence-corrected chi connectivity index (χ4v) is 4.92. The van der Waals surface area contributed by atoms with Crippen molar-refractivity contribution in [3.63, 3.8) is 0 Å². The molecule has 0 saturated carbocycles. The summed E-state index contributed by atoms with van der Waals surface area (Å²) >= 11 is 5.73. The van der Waals surface area contributed by atoms with Gasteiger partial charge in [0, 0.05) is 30.4 Å². The molecule has 0 spiro atoms. The van der Waals surface area contributed by atoms with Crippen molar-refractivity contribution in [3.05, 3.63) is 102 Å². The first kappa shape index (κ1) is 25.5. The lowest BCUT2D eigenvalue weighted by Gasteiger charge is -2.25. The zero-order valence-electron chi connectivity index (χ0n) is 21.4. The maximum atomic E-state index is 12.8. The lowest BCUT2D eigenvalue weighted by molar-refractivity contribution is -0.116. The fraction of sp³-hybridized carbons (Fsp3) is 0.233. The van der Waals surface area contributed by atoms with Gasteiger partial charge in [0.15, 0.2) is 5.11 Å². The summed E-state index contributed by atoms with van der Waals surface area (Å²) in [5.41, 5.74) is 3.72. The van der Waals surface area contributed by atoms with Crippen LogP contribution in [0.3, 0.4) is 0 Å². The largest absolute Gasteiger partial charge is 0.494 e. The number of hydrogen-bond acceptors (Lipinski definition) is 5. The van der Waals surface area contributed by atoms with Gasteiger partial charge in [-0.1, -0.05) is 23.8 Å². The molecule has 2 atom stereocenters. The molecule has 1 amide bonds. The Hall–Kier alpha value is -4.17. The van der Waals surface area contributed by atoms with Gasteiger partial charge in [-0.2, -0.15) is 0 Å². The number of ether oxygens (including phenoxy) is 1. The van der Waals surface area contributed by atoms with Gasteiger partial charge in [0.05, 0.1) is 18.3 Å². The number of aryl methyl sites for hydroxylation is 1. The molecule has 2 aromatic heterocycles. The van der Waals surface area contributed by atoms with Gasteiger partial charge >= 0.3 is 0 Å². The lowest BCUT2D eigenvalue weighted by Crippen LogP contribution is -2.32. The molecular formula is C30H30N4O3S. The highest BCUT2D eigenvalue weighted by Crippen LogP contribution is 2.40. The van der Waals surface area contributed by atoms with E-state index >= 15 is 0 Å². The monoisotopic (exact) mass is 526 g/mol. The summed E-state index contributed by atoms with van der Waals surface area (Å²) in [6.45, 7) is 5.02. The molecule has 0 bridgehead atoms. The second kappa shape index (κ2) is 11.5. The third kappa shape index (κ3) is 5.70. The van der Waals surface area contributed by atoms with Crippen LogP contribution in [0.1, 0.15) is 42.4 Å². The number of furan rings is 1. The zero-order chi connectivity index (χ0) is 26.5. The summed E-state index contributed by atoms with van der Waals surface area (Å²) in [5.74, 6) is 2.23. The van der Waals surface area contributed by atoms with Gasteiger partial charge in [-0.15, -0.1) is 0 Å². The Morgan fingerprint density at radius 1 is 1.08 bits per heavy atom. The summed E-state index contributed by atoms with van der Waals surface area (Å²) in [4.78, 5) is 19.4. The molecule has 2 aromatic carbocycles. The van der Waals surface area contributed by atoms with E-state index in [-0.39, 0.29) is 24.4 Å². The molecule has 0 unspecified atom stereocenters. The maximum absolute atomic E-state index is 12.8. The van der Waals surface area contributed by atoms with E-state index in [9.17, 15) is 4.79 Å². The van der Waals surface area contributed by atoms with Gasteiger partial charge < -0.3 is 24.7 Å². The maximum Gasteiger partial charge on any atom is 0.226 e. The van der Waals surface area contributed by atoms with Gasteiger partial charge in [-0.05, 0) is 86.7 Å². The first-order valence-corrected chi connectivity index (χ1v) is 13.1. The second-order valence-corrected chi connectivity index (χ2v) is 9.53. The number of pyridine rings is 1. The van der Waals surface area contributed by atoms with Crippen molar-refractivity contribution >= 4 is 28.9 Å². The first-order chi connectivity index (χ1) is 18.5. The number of nitrogens with one attached hydrogen (secondary N) is 2. The molecule has 8 heteroatoms. The molecule has 1 aliphatic heterocycles. The number of hydrogen-bond donors (Lipinski definition) is 2. The quantitative estimate of drug-likeness (QED) is 0.257. The van der Waals surface area contributed by atoms with Crippen molar-refractivity contribution in [2.24, 2.45) is 0 Å². The standard InChI is InChI=1S/C30H30N4O3S/c1-3-36-23-13-9-21(10-14-23)25-15-16-26(37-25)29-28(24-6-4-5-18-31-24)33-30(38)34(29)19-17-27(35)32-22-11-7-20(2)8-12-22/h4-16,18,28-29H,3,17,19H2,1-2H3,(H,32,35)(H,33,38)/t28-,29-/m0/s1. The number of carbonyl (C=O) groups excluding carboxylic acids is 1. The van der Waals surface area contributed by atoms with Crippen LogP contribution in [0.15, 0.2) is 89.5 Å². The van der Waals surface area contributed by atoms with Crippen LogP contribution >= 0.6 is 12.2 Å². The molecule has 194 valence electrons. The molecule has 2 N–H and O–H groups in total. The minimum Gasteiger partial charge on any atom is -0.494 e. The predicted molar refractivity (Wildman–Crippen MR) is 152 cm³/mol. The van der Waals surface area contributed by atoms with Gasteiger partial charge in [-0.25, -0.2) is 0 Å². The number of aromatic nitrogens is 1. The lowest BCUT2D eigenvalue weighted by atomic mass is 10.0. The van der Waals surface area contributed by atoms with Crippen LogP contribution in [0.5, 0.6) is 5.75 Å². The minimum absolute atomic E-state index is 0.0776.